The van der Waals surface area contributed by atoms with Gasteiger partial charge in [-0.05, 0) is 37.3 Å². The van der Waals surface area contributed by atoms with Crippen molar-refractivity contribution in [3.8, 4) is 6.07 Å². The number of halogens is 3. The summed E-state index contributed by atoms with van der Waals surface area (Å²) in [6.07, 6.45) is 3.86. The summed E-state index contributed by atoms with van der Waals surface area (Å²) >= 11 is 1.21. The number of nitriles is 1. The Labute approximate surface area is 323 Å². The maximum Gasteiger partial charge on any atom is 0.512 e. The third kappa shape index (κ3) is 13.0. The summed E-state index contributed by atoms with van der Waals surface area (Å²) in [7, 11) is 0. The van der Waals surface area contributed by atoms with Crippen molar-refractivity contribution in [3.63, 3.8) is 0 Å². The van der Waals surface area contributed by atoms with Gasteiger partial charge >= 0.3 is 24.1 Å². The van der Waals surface area contributed by atoms with Crippen molar-refractivity contribution in [2.24, 2.45) is 0 Å². The molecule has 19 heteroatoms. The number of ether oxygens (including phenoxy) is 6. The Hall–Kier alpha value is -5.71. The van der Waals surface area contributed by atoms with Gasteiger partial charge in [-0.25, -0.2) is 27.6 Å². The molecule has 0 spiro atoms. The van der Waals surface area contributed by atoms with E-state index in [1.54, 1.807) is 25.2 Å². The summed E-state index contributed by atoms with van der Waals surface area (Å²) in [6.45, 7) is 2.36. The first kappa shape index (κ1) is 43.0. The number of thioether (sulfide) groups is 1. The second-order valence-corrected chi connectivity index (χ2v) is 13.7. The van der Waals surface area contributed by atoms with E-state index in [0.717, 1.165) is 18.2 Å². The molecule has 3 atom stereocenters. The van der Waals surface area contributed by atoms with Crippen LogP contribution < -0.4 is 0 Å². The molecule has 1 aliphatic heterocycles. The Morgan fingerprint density at radius 3 is 2.46 bits per heavy atom. The number of allylic oxidation sites excluding steroid dienone is 2. The van der Waals surface area contributed by atoms with Gasteiger partial charge in [0.05, 0.1) is 55.9 Å². The van der Waals surface area contributed by atoms with E-state index in [-0.39, 0.29) is 42.9 Å². The van der Waals surface area contributed by atoms with Crippen LogP contribution in [0, 0.1) is 28.8 Å². The smallest absolute Gasteiger partial charge is 0.481 e. The second-order valence-electron chi connectivity index (χ2n) is 12.0. The Morgan fingerprint density at radius 2 is 1.80 bits per heavy atom. The molecular formula is C37H37F3N4O11S. The molecule has 1 aliphatic rings. The van der Waals surface area contributed by atoms with Crippen LogP contribution in [0.4, 0.5) is 18.0 Å². The molecule has 298 valence electrons. The molecule has 1 saturated heterocycles. The van der Waals surface area contributed by atoms with E-state index in [4.69, 9.17) is 38.8 Å². The van der Waals surface area contributed by atoms with E-state index in [0.29, 0.717) is 6.07 Å². The predicted octanol–water partition coefficient (Wildman–Crippen LogP) is 5.44. The molecule has 3 aromatic rings. The molecule has 0 radical (unpaired) electrons. The number of benzene rings is 2. The number of nitrogens with zero attached hydrogens (tertiary/aromatic N) is 4. The molecule has 15 nitrogen and oxygen atoms in total. The number of carboxylic acids is 1. The maximum atomic E-state index is 15.7. The van der Waals surface area contributed by atoms with Crippen molar-refractivity contribution in [1.29, 1.82) is 5.26 Å². The van der Waals surface area contributed by atoms with Gasteiger partial charge in [-0.1, -0.05) is 24.3 Å². The number of hydrogen-bond acceptors (Lipinski definition) is 14. The van der Waals surface area contributed by atoms with Crippen molar-refractivity contribution in [2.45, 2.75) is 68.3 Å². The zero-order chi connectivity index (χ0) is 40.7. The van der Waals surface area contributed by atoms with E-state index in [9.17, 15) is 28.0 Å². The summed E-state index contributed by atoms with van der Waals surface area (Å²) in [6, 6.07) is 8.73. The fraction of sp³-hybridized carbons (Fsp3) is 0.378. The highest BCUT2D eigenvalue weighted by atomic mass is 32.2. The Bertz CT molecular complexity index is 1930. The highest BCUT2D eigenvalue weighted by Gasteiger charge is 2.47. The van der Waals surface area contributed by atoms with Crippen LogP contribution in [0.5, 0.6) is 0 Å². The van der Waals surface area contributed by atoms with Crippen LogP contribution in [-0.4, -0.2) is 86.8 Å². The van der Waals surface area contributed by atoms with Crippen molar-refractivity contribution in [3.05, 3.63) is 101 Å². The summed E-state index contributed by atoms with van der Waals surface area (Å²) < 4.78 is 77.9. The lowest BCUT2D eigenvalue weighted by Crippen LogP contribution is -2.47. The summed E-state index contributed by atoms with van der Waals surface area (Å²) in [5.74, 6) is -5.43. The van der Waals surface area contributed by atoms with Crippen LogP contribution in [0.15, 0.2) is 67.3 Å². The third-order valence-electron chi connectivity index (χ3n) is 7.92. The van der Waals surface area contributed by atoms with E-state index in [2.05, 4.69) is 10.1 Å². The molecule has 1 fully saturated rings. The number of carbonyl (C=O) groups is 4. The minimum Gasteiger partial charge on any atom is -0.481 e. The lowest BCUT2D eigenvalue weighted by Gasteiger charge is -2.40. The van der Waals surface area contributed by atoms with Crippen LogP contribution in [-0.2, 0) is 55.0 Å². The molecule has 1 aromatic heterocycles. The van der Waals surface area contributed by atoms with Crippen LogP contribution in [0.25, 0.3) is 6.08 Å². The van der Waals surface area contributed by atoms with E-state index in [1.807, 2.05) is 6.07 Å². The number of hydrogen-bond donors (Lipinski definition) is 1. The summed E-state index contributed by atoms with van der Waals surface area (Å²) in [4.78, 5) is 51.8. The Balaban J connectivity index is 1.43. The number of carbonyl (C=O) groups excluding carboxylic acids is 3. The van der Waals surface area contributed by atoms with Crippen molar-refractivity contribution in [1.82, 2.24) is 14.8 Å². The number of carboxylic acid groups (broad SMARTS) is 1. The van der Waals surface area contributed by atoms with Gasteiger partial charge in [0.15, 0.2) is 11.9 Å². The first-order valence-corrected chi connectivity index (χ1v) is 17.9. The quantitative estimate of drug-likeness (QED) is 0.0738. The average molecular weight is 803 g/mol. The van der Waals surface area contributed by atoms with Crippen molar-refractivity contribution < 1.29 is 65.9 Å². The number of aliphatic carboxylic acids is 1. The first-order chi connectivity index (χ1) is 26.8. The van der Waals surface area contributed by atoms with Gasteiger partial charge in [0, 0.05) is 29.4 Å². The van der Waals surface area contributed by atoms with Gasteiger partial charge in [0.25, 0.3) is 0 Å². The van der Waals surface area contributed by atoms with Gasteiger partial charge in [-0.3, -0.25) is 14.4 Å². The fourth-order valence-corrected chi connectivity index (χ4v) is 6.59. The number of aromatic nitrogens is 3. The lowest BCUT2D eigenvalue weighted by molar-refractivity contribution is -0.173. The van der Waals surface area contributed by atoms with Gasteiger partial charge in [-0.2, -0.15) is 10.4 Å². The molecule has 0 saturated carbocycles. The van der Waals surface area contributed by atoms with Gasteiger partial charge in [-0.15, -0.1) is 11.8 Å². The maximum absolute atomic E-state index is 15.7. The SMILES string of the molecule is CC(OC(=O)CCOC(=O)CCC(=O)O)OC(=O)OC(Cn1cncn1)(c1ccc(F)cc1F)C(C)SC1COC(C=CC=Cc2ccc(C#N)cc2F)OC1. The minimum atomic E-state index is -1.95. The molecule has 0 aliphatic carbocycles. The molecule has 2 aromatic carbocycles. The monoisotopic (exact) mass is 802 g/mol. The molecule has 56 heavy (non-hydrogen) atoms. The third-order valence-corrected chi connectivity index (χ3v) is 9.36. The predicted molar refractivity (Wildman–Crippen MR) is 189 cm³/mol. The standard InChI is InChI=1S/C37H37F3N4O11S/c1-23(56-28-18-51-35(52-19-28)6-4-3-5-26-8-7-25(17-41)15-30(26)39)37(20-44-22-42-21-43-44,29-10-9-27(38)16-31(29)40)55-36(49)54-24(2)53-34(48)13-14-50-33(47)12-11-32(45)46/h3-10,15-16,21-24,28,35H,11-14,18-20H2,1-2H3,(H,45,46). The first-order valence-electron chi connectivity index (χ1n) is 17.0. The fourth-order valence-electron chi connectivity index (χ4n) is 5.23. The highest BCUT2D eigenvalue weighted by molar-refractivity contribution is 8.00. The van der Waals surface area contributed by atoms with Crippen LogP contribution in [0.3, 0.4) is 0 Å². The van der Waals surface area contributed by atoms with Crippen LogP contribution in [0.2, 0.25) is 0 Å². The zero-order valence-corrected chi connectivity index (χ0v) is 30.9. The summed E-state index contributed by atoms with van der Waals surface area (Å²) in [5, 5.41) is 20.4. The van der Waals surface area contributed by atoms with Gasteiger partial charge in [0.2, 0.25) is 6.29 Å². The molecule has 3 unspecified atom stereocenters. The summed E-state index contributed by atoms with van der Waals surface area (Å²) in [5.41, 5.74) is -1.70. The van der Waals surface area contributed by atoms with Crippen LogP contribution in [0.1, 0.15) is 49.8 Å². The van der Waals surface area contributed by atoms with Gasteiger partial charge in [0.1, 0.15) is 36.7 Å². The van der Waals surface area contributed by atoms with Crippen LogP contribution >= 0.6 is 11.8 Å². The van der Waals surface area contributed by atoms with Crippen molar-refractivity contribution in [2.75, 3.05) is 19.8 Å². The molecule has 0 amide bonds. The second kappa shape index (κ2) is 20.8. The number of esters is 2. The normalized spacial score (nSPS) is 17.7. The molecule has 0 bridgehead atoms. The van der Waals surface area contributed by atoms with Gasteiger partial charge < -0.3 is 33.5 Å². The molecule has 1 N–H and O–H groups in total. The lowest BCUT2D eigenvalue weighted by atomic mass is 9.89. The Morgan fingerprint density at radius 1 is 1.04 bits per heavy atom. The minimum absolute atomic E-state index is 0.135. The number of rotatable bonds is 18. The molecular weight excluding hydrogens is 765 g/mol. The zero-order valence-electron chi connectivity index (χ0n) is 30.0. The molecule has 4 rings (SSSR count). The largest absolute Gasteiger partial charge is 0.512 e. The molecule has 2 heterocycles. The van der Waals surface area contributed by atoms with Crippen molar-refractivity contribution >= 4 is 41.9 Å². The van der Waals surface area contributed by atoms with E-state index < -0.39 is 89.6 Å². The highest BCUT2D eigenvalue weighted by Crippen LogP contribution is 2.42. The average Bonchev–Trinajstić information content (AvgIpc) is 3.66. The topological polar surface area (TPSA) is 198 Å². The Kier molecular flexibility index (Phi) is 16.0. The van der Waals surface area contributed by atoms with E-state index in [1.165, 1.54) is 54.2 Å². The van der Waals surface area contributed by atoms with E-state index >= 15 is 4.39 Å².